The lowest BCUT2D eigenvalue weighted by Crippen LogP contribution is -2.47. The van der Waals surface area contributed by atoms with Crippen molar-refractivity contribution in [3.63, 3.8) is 0 Å². The third kappa shape index (κ3) is 5.63. The standard InChI is InChI=1S/C21H29N3O3S2/c1-4-15(2)24(18-10-11-29(26,27)14-18)20(25)13-28-21-22-16(3)19(23-21)12-17-8-6-5-7-9-17/h5-9,15,18H,4,10-14H2,1-3H3,(H,22,23)/t15-,18-/m0/s1. The topological polar surface area (TPSA) is 83.1 Å². The Kier molecular flexibility index (Phi) is 7.05. The fourth-order valence-corrected chi connectivity index (χ4v) is 6.22. The summed E-state index contributed by atoms with van der Waals surface area (Å²) in [6.07, 6.45) is 2.08. The molecule has 1 aromatic heterocycles. The van der Waals surface area contributed by atoms with Gasteiger partial charge in [0.1, 0.15) is 0 Å². The Morgan fingerprint density at radius 1 is 1.34 bits per heavy atom. The van der Waals surface area contributed by atoms with Gasteiger partial charge in [-0.3, -0.25) is 4.79 Å². The van der Waals surface area contributed by atoms with Gasteiger partial charge in [-0.05, 0) is 32.3 Å². The van der Waals surface area contributed by atoms with Crippen molar-refractivity contribution in [2.45, 2.75) is 57.3 Å². The molecule has 0 radical (unpaired) electrons. The number of hydrogen-bond donors (Lipinski definition) is 1. The van der Waals surface area contributed by atoms with Crippen LogP contribution in [0.3, 0.4) is 0 Å². The third-order valence-corrected chi connectivity index (χ3v) is 8.07. The van der Waals surface area contributed by atoms with E-state index in [1.807, 2.05) is 39.0 Å². The van der Waals surface area contributed by atoms with E-state index in [9.17, 15) is 13.2 Å². The van der Waals surface area contributed by atoms with Crippen LogP contribution >= 0.6 is 11.8 Å². The number of carbonyl (C=O) groups is 1. The van der Waals surface area contributed by atoms with Crippen LogP contribution in [0.25, 0.3) is 0 Å². The van der Waals surface area contributed by atoms with Crippen LogP contribution in [0.4, 0.5) is 0 Å². The summed E-state index contributed by atoms with van der Waals surface area (Å²) in [7, 11) is -3.03. The Hall–Kier alpha value is -1.80. The lowest BCUT2D eigenvalue weighted by atomic mass is 10.1. The minimum absolute atomic E-state index is 0.0216. The molecule has 1 aliphatic heterocycles. The normalized spacial score (nSPS) is 19.2. The summed E-state index contributed by atoms with van der Waals surface area (Å²) in [5.41, 5.74) is 3.18. The molecule has 1 aliphatic rings. The van der Waals surface area contributed by atoms with Gasteiger partial charge in [-0.15, -0.1) is 0 Å². The largest absolute Gasteiger partial charge is 0.337 e. The van der Waals surface area contributed by atoms with Crippen molar-refractivity contribution in [2.75, 3.05) is 17.3 Å². The van der Waals surface area contributed by atoms with Crippen molar-refractivity contribution >= 4 is 27.5 Å². The van der Waals surface area contributed by atoms with Gasteiger partial charge >= 0.3 is 0 Å². The van der Waals surface area contributed by atoms with Crippen molar-refractivity contribution in [1.29, 1.82) is 0 Å². The highest BCUT2D eigenvalue weighted by atomic mass is 32.2. The maximum absolute atomic E-state index is 13.0. The van der Waals surface area contributed by atoms with Crippen LogP contribution in [0.5, 0.6) is 0 Å². The van der Waals surface area contributed by atoms with Crippen LogP contribution in [-0.2, 0) is 21.1 Å². The summed E-state index contributed by atoms with van der Waals surface area (Å²) in [5.74, 6) is 0.476. The number of rotatable bonds is 8. The second-order valence-corrected chi connectivity index (χ2v) is 10.9. The van der Waals surface area contributed by atoms with Crippen molar-refractivity contribution in [1.82, 2.24) is 14.9 Å². The second kappa shape index (κ2) is 9.34. The minimum atomic E-state index is -3.03. The average Bonchev–Trinajstić information content (AvgIpc) is 3.22. The van der Waals surface area contributed by atoms with Gasteiger partial charge < -0.3 is 9.88 Å². The number of benzene rings is 1. The summed E-state index contributed by atoms with van der Waals surface area (Å²) in [6, 6.07) is 9.97. The Balaban J connectivity index is 1.65. The van der Waals surface area contributed by atoms with Gasteiger partial charge in [-0.1, -0.05) is 49.0 Å². The molecular weight excluding hydrogens is 406 g/mol. The average molecular weight is 436 g/mol. The Morgan fingerprint density at radius 3 is 2.69 bits per heavy atom. The molecule has 1 aromatic carbocycles. The number of aromatic amines is 1. The van der Waals surface area contributed by atoms with Crippen molar-refractivity contribution in [2.24, 2.45) is 0 Å². The number of amides is 1. The smallest absolute Gasteiger partial charge is 0.233 e. The molecule has 0 unspecified atom stereocenters. The molecule has 3 rings (SSSR count). The molecule has 6 nitrogen and oxygen atoms in total. The van der Waals surface area contributed by atoms with Crippen molar-refractivity contribution in [3.8, 4) is 0 Å². The molecular formula is C21H29N3O3S2. The molecule has 29 heavy (non-hydrogen) atoms. The van der Waals surface area contributed by atoms with Gasteiger partial charge in [-0.2, -0.15) is 0 Å². The first-order valence-corrected chi connectivity index (χ1v) is 12.8. The lowest BCUT2D eigenvalue weighted by molar-refractivity contribution is -0.132. The van der Waals surface area contributed by atoms with Crippen molar-refractivity contribution in [3.05, 3.63) is 47.3 Å². The number of aryl methyl sites for hydroxylation is 1. The zero-order valence-corrected chi connectivity index (χ0v) is 18.9. The van der Waals surface area contributed by atoms with Gasteiger partial charge in [-0.25, -0.2) is 13.4 Å². The summed E-state index contributed by atoms with van der Waals surface area (Å²) in [4.78, 5) is 22.7. The van der Waals surface area contributed by atoms with E-state index in [0.717, 1.165) is 29.4 Å². The number of thioether (sulfide) groups is 1. The highest BCUT2D eigenvalue weighted by Gasteiger charge is 2.36. The molecule has 1 N–H and O–H groups in total. The van der Waals surface area contributed by atoms with E-state index in [2.05, 4.69) is 22.1 Å². The highest BCUT2D eigenvalue weighted by Crippen LogP contribution is 2.24. The molecule has 0 saturated carbocycles. The van der Waals surface area contributed by atoms with Gasteiger partial charge in [0.05, 0.1) is 23.0 Å². The number of H-pyrrole nitrogens is 1. The molecule has 0 spiro atoms. The lowest BCUT2D eigenvalue weighted by Gasteiger charge is -2.33. The van der Waals surface area contributed by atoms with Crippen LogP contribution in [0.15, 0.2) is 35.5 Å². The van der Waals surface area contributed by atoms with E-state index in [1.54, 1.807) is 4.90 Å². The van der Waals surface area contributed by atoms with Crippen LogP contribution in [-0.4, -0.2) is 58.5 Å². The first-order valence-electron chi connectivity index (χ1n) is 10.0. The zero-order valence-electron chi connectivity index (χ0n) is 17.2. The zero-order chi connectivity index (χ0) is 21.0. The maximum Gasteiger partial charge on any atom is 0.233 e. The molecule has 1 fully saturated rings. The Bertz CT molecular complexity index is 941. The number of carbonyl (C=O) groups excluding carboxylic acids is 1. The van der Waals surface area contributed by atoms with Crippen LogP contribution in [0.2, 0.25) is 0 Å². The molecule has 2 aromatic rings. The summed E-state index contributed by atoms with van der Waals surface area (Å²) < 4.78 is 23.8. The molecule has 1 saturated heterocycles. The first kappa shape index (κ1) is 21.9. The number of hydrogen-bond acceptors (Lipinski definition) is 5. The predicted octanol–water partition coefficient (Wildman–Crippen LogP) is 3.22. The first-order chi connectivity index (χ1) is 13.8. The summed E-state index contributed by atoms with van der Waals surface area (Å²) in [5, 5.41) is 0.727. The van der Waals surface area contributed by atoms with Gasteiger partial charge in [0, 0.05) is 24.2 Å². The molecule has 0 aliphatic carbocycles. The molecule has 1 amide bonds. The van der Waals surface area contributed by atoms with Crippen LogP contribution in [0.1, 0.15) is 43.6 Å². The second-order valence-electron chi connectivity index (χ2n) is 7.68. The predicted molar refractivity (Wildman–Crippen MR) is 117 cm³/mol. The molecule has 8 heteroatoms. The summed E-state index contributed by atoms with van der Waals surface area (Å²) >= 11 is 1.38. The molecule has 0 bridgehead atoms. The van der Waals surface area contributed by atoms with Gasteiger partial charge in [0.25, 0.3) is 0 Å². The maximum atomic E-state index is 13.0. The molecule has 2 heterocycles. The monoisotopic (exact) mass is 435 g/mol. The molecule has 2 atom stereocenters. The number of nitrogens with one attached hydrogen (secondary N) is 1. The minimum Gasteiger partial charge on any atom is -0.337 e. The van der Waals surface area contributed by atoms with Crippen LogP contribution in [0, 0.1) is 6.92 Å². The Morgan fingerprint density at radius 2 is 2.07 bits per heavy atom. The van der Waals surface area contributed by atoms with E-state index < -0.39 is 9.84 Å². The van der Waals surface area contributed by atoms with Gasteiger partial charge in [0.2, 0.25) is 5.91 Å². The number of sulfone groups is 1. The van der Waals surface area contributed by atoms with E-state index in [1.165, 1.54) is 17.3 Å². The number of aromatic nitrogens is 2. The number of nitrogens with zero attached hydrogens (tertiary/aromatic N) is 2. The quantitative estimate of drug-likeness (QED) is 0.644. The molecule has 158 valence electrons. The van der Waals surface area contributed by atoms with Gasteiger partial charge in [0.15, 0.2) is 15.0 Å². The van der Waals surface area contributed by atoms with E-state index in [4.69, 9.17) is 0 Å². The third-order valence-electron chi connectivity index (χ3n) is 5.47. The fourth-order valence-electron chi connectivity index (χ4n) is 3.70. The van der Waals surface area contributed by atoms with E-state index in [-0.39, 0.29) is 35.2 Å². The Labute approximate surface area is 177 Å². The fraction of sp³-hybridized carbons (Fsp3) is 0.524. The van der Waals surface area contributed by atoms with Crippen LogP contribution < -0.4 is 0 Å². The van der Waals surface area contributed by atoms with Crippen molar-refractivity contribution < 1.29 is 13.2 Å². The number of imidazole rings is 1. The SMILES string of the molecule is CC[C@H](C)N(C(=O)CSc1nc(Cc2ccccc2)c(C)[nH]1)[C@H]1CCS(=O)(=O)C1. The highest BCUT2D eigenvalue weighted by molar-refractivity contribution is 7.99. The summed E-state index contributed by atoms with van der Waals surface area (Å²) in [6.45, 7) is 6.00. The van der Waals surface area contributed by atoms with E-state index >= 15 is 0 Å². The van der Waals surface area contributed by atoms with E-state index in [0.29, 0.717) is 6.42 Å².